The number of amides is 1. The predicted molar refractivity (Wildman–Crippen MR) is 124 cm³/mol. The number of fused-ring (bicyclic) bond motifs is 1. The molecule has 30 heavy (non-hydrogen) atoms. The van der Waals surface area contributed by atoms with Crippen LogP contribution in [0, 0.1) is 0 Å². The second-order valence-electron chi connectivity index (χ2n) is 7.24. The highest BCUT2D eigenvalue weighted by molar-refractivity contribution is 7.18. The Hall–Kier alpha value is -2.97. The summed E-state index contributed by atoms with van der Waals surface area (Å²) in [7, 11) is 0. The van der Waals surface area contributed by atoms with Crippen LogP contribution < -0.4 is 15.8 Å². The number of carbonyl (C=O) groups is 1. The zero-order valence-corrected chi connectivity index (χ0v) is 17.8. The highest BCUT2D eigenvalue weighted by Gasteiger charge is 2.18. The number of anilines is 2. The molecule has 8 heteroatoms. The summed E-state index contributed by atoms with van der Waals surface area (Å²) in [4.78, 5) is 34.3. The Bertz CT molecular complexity index is 1250. The SMILES string of the molecule is O=C(Cn1cnc2scc(-c3cccs3)c2c1=O)Nc1ccccc1N1CCCC1. The van der Waals surface area contributed by atoms with E-state index in [2.05, 4.69) is 15.2 Å². The van der Waals surface area contributed by atoms with Crippen molar-refractivity contribution in [3.8, 4) is 10.4 Å². The van der Waals surface area contributed by atoms with Crippen molar-refractivity contribution in [1.82, 2.24) is 9.55 Å². The Morgan fingerprint density at radius 2 is 1.93 bits per heavy atom. The number of hydrogen-bond acceptors (Lipinski definition) is 6. The number of hydrogen-bond donors (Lipinski definition) is 1. The Labute approximate surface area is 181 Å². The zero-order chi connectivity index (χ0) is 20.5. The van der Waals surface area contributed by atoms with E-state index in [4.69, 9.17) is 0 Å². The average molecular weight is 437 g/mol. The van der Waals surface area contributed by atoms with Crippen LogP contribution in [0.4, 0.5) is 11.4 Å². The maximum Gasteiger partial charge on any atom is 0.263 e. The van der Waals surface area contributed by atoms with Gasteiger partial charge in [-0.25, -0.2) is 4.98 Å². The third kappa shape index (κ3) is 3.53. The molecule has 1 N–H and O–H groups in total. The molecule has 0 bridgehead atoms. The number of benzene rings is 1. The van der Waals surface area contributed by atoms with E-state index in [9.17, 15) is 9.59 Å². The van der Waals surface area contributed by atoms with Crippen molar-refractivity contribution in [2.45, 2.75) is 19.4 Å². The summed E-state index contributed by atoms with van der Waals surface area (Å²) in [6.45, 7) is 1.92. The number of carbonyl (C=O) groups excluding carboxylic acids is 1. The summed E-state index contributed by atoms with van der Waals surface area (Å²) in [5.41, 5.74) is 2.51. The number of aromatic nitrogens is 2. The minimum absolute atomic E-state index is 0.0736. The molecular weight excluding hydrogens is 416 g/mol. The number of para-hydroxylation sites is 2. The summed E-state index contributed by atoms with van der Waals surface area (Å²) in [5.74, 6) is -0.238. The second kappa shape index (κ2) is 8.04. The maximum atomic E-state index is 13.1. The van der Waals surface area contributed by atoms with Crippen molar-refractivity contribution >= 4 is 50.2 Å². The fourth-order valence-corrected chi connectivity index (χ4v) is 5.57. The molecule has 0 unspecified atom stereocenters. The van der Waals surface area contributed by atoms with Crippen LogP contribution in [0.1, 0.15) is 12.8 Å². The summed E-state index contributed by atoms with van der Waals surface area (Å²) in [6.07, 6.45) is 3.79. The van der Waals surface area contributed by atoms with Crippen molar-refractivity contribution in [3.05, 3.63) is 63.8 Å². The molecule has 1 saturated heterocycles. The maximum absolute atomic E-state index is 13.1. The Morgan fingerprint density at radius 3 is 2.73 bits per heavy atom. The first kappa shape index (κ1) is 19.0. The van der Waals surface area contributed by atoms with Gasteiger partial charge in [0.05, 0.1) is 23.1 Å². The van der Waals surface area contributed by atoms with E-state index in [-0.39, 0.29) is 18.0 Å². The molecule has 1 aliphatic heterocycles. The lowest BCUT2D eigenvalue weighted by molar-refractivity contribution is -0.116. The molecule has 0 saturated carbocycles. The van der Waals surface area contributed by atoms with Crippen LogP contribution in [0.3, 0.4) is 0 Å². The Kier molecular flexibility index (Phi) is 5.10. The van der Waals surface area contributed by atoms with Crippen LogP contribution in [0.25, 0.3) is 20.7 Å². The largest absolute Gasteiger partial charge is 0.370 e. The molecule has 1 fully saturated rings. The Balaban J connectivity index is 1.41. The molecule has 0 spiro atoms. The molecule has 1 amide bonds. The van der Waals surface area contributed by atoms with Gasteiger partial charge in [-0.3, -0.25) is 14.2 Å². The van der Waals surface area contributed by atoms with Gasteiger partial charge < -0.3 is 10.2 Å². The van der Waals surface area contributed by atoms with Gasteiger partial charge >= 0.3 is 0 Å². The highest BCUT2D eigenvalue weighted by Crippen LogP contribution is 2.33. The second-order valence-corrected chi connectivity index (χ2v) is 9.05. The third-order valence-electron chi connectivity index (χ3n) is 5.29. The quantitative estimate of drug-likeness (QED) is 0.503. The third-order valence-corrected chi connectivity index (χ3v) is 7.08. The molecule has 0 radical (unpaired) electrons. The van der Waals surface area contributed by atoms with Gasteiger partial charge in [-0.2, -0.15) is 0 Å². The molecule has 152 valence electrons. The number of nitrogens with zero attached hydrogens (tertiary/aromatic N) is 3. The summed E-state index contributed by atoms with van der Waals surface area (Å²) < 4.78 is 1.39. The minimum Gasteiger partial charge on any atom is -0.370 e. The first-order valence-electron chi connectivity index (χ1n) is 9.85. The topological polar surface area (TPSA) is 67.2 Å². The molecule has 1 aromatic carbocycles. The number of rotatable bonds is 5. The minimum atomic E-state index is -0.238. The normalized spacial score (nSPS) is 13.8. The summed E-state index contributed by atoms with van der Waals surface area (Å²) in [6, 6.07) is 11.8. The summed E-state index contributed by atoms with van der Waals surface area (Å²) in [5, 5.41) is 7.51. The first-order valence-corrected chi connectivity index (χ1v) is 11.6. The van der Waals surface area contributed by atoms with Crippen LogP contribution in [0.5, 0.6) is 0 Å². The lowest BCUT2D eigenvalue weighted by Crippen LogP contribution is -2.28. The van der Waals surface area contributed by atoms with Gasteiger partial charge in [-0.15, -0.1) is 22.7 Å². The fraction of sp³-hybridized carbons (Fsp3) is 0.227. The van der Waals surface area contributed by atoms with E-state index < -0.39 is 0 Å². The predicted octanol–water partition coefficient (Wildman–Crippen LogP) is 4.43. The average Bonchev–Trinajstić information content (AvgIpc) is 3.52. The molecule has 1 aliphatic rings. The van der Waals surface area contributed by atoms with Gasteiger partial charge in [0.15, 0.2) is 0 Å². The van der Waals surface area contributed by atoms with Crippen molar-refractivity contribution in [1.29, 1.82) is 0 Å². The number of nitrogens with one attached hydrogen (secondary N) is 1. The van der Waals surface area contributed by atoms with Gasteiger partial charge in [-0.05, 0) is 36.4 Å². The van der Waals surface area contributed by atoms with E-state index in [1.165, 1.54) is 22.2 Å². The van der Waals surface area contributed by atoms with Gasteiger partial charge in [0.2, 0.25) is 5.91 Å². The first-order chi connectivity index (χ1) is 14.7. The monoisotopic (exact) mass is 436 g/mol. The van der Waals surface area contributed by atoms with Gasteiger partial charge in [0, 0.05) is 28.9 Å². The van der Waals surface area contributed by atoms with Crippen molar-refractivity contribution < 1.29 is 4.79 Å². The molecule has 0 aliphatic carbocycles. The zero-order valence-electron chi connectivity index (χ0n) is 16.2. The van der Waals surface area contributed by atoms with Gasteiger partial charge in [-0.1, -0.05) is 18.2 Å². The molecular formula is C22H20N4O2S2. The standard InChI is InChI=1S/C22H20N4O2S2/c27-19(24-16-6-1-2-7-17(16)25-9-3-4-10-25)12-26-14-23-21-20(22(26)28)15(13-30-21)18-8-5-11-29-18/h1-2,5-8,11,13-14H,3-4,9-10,12H2,(H,24,27). The van der Waals surface area contributed by atoms with Crippen LogP contribution >= 0.6 is 22.7 Å². The van der Waals surface area contributed by atoms with Crippen LogP contribution in [-0.2, 0) is 11.3 Å². The van der Waals surface area contributed by atoms with E-state index >= 15 is 0 Å². The lowest BCUT2D eigenvalue weighted by atomic mass is 10.2. The van der Waals surface area contributed by atoms with E-state index in [0.717, 1.165) is 47.7 Å². The Morgan fingerprint density at radius 1 is 1.10 bits per heavy atom. The van der Waals surface area contributed by atoms with Crippen LogP contribution in [0.2, 0.25) is 0 Å². The molecule has 3 aromatic heterocycles. The smallest absolute Gasteiger partial charge is 0.263 e. The van der Waals surface area contributed by atoms with Crippen molar-refractivity contribution in [3.63, 3.8) is 0 Å². The van der Waals surface area contributed by atoms with Gasteiger partial charge in [0.25, 0.3) is 5.56 Å². The number of thiophene rings is 2. The van der Waals surface area contributed by atoms with E-state index in [1.54, 1.807) is 11.3 Å². The fourth-order valence-electron chi connectivity index (χ4n) is 3.85. The van der Waals surface area contributed by atoms with Crippen molar-refractivity contribution in [2.24, 2.45) is 0 Å². The molecule has 0 atom stereocenters. The summed E-state index contributed by atoms with van der Waals surface area (Å²) >= 11 is 3.03. The van der Waals surface area contributed by atoms with E-state index in [1.807, 2.05) is 47.2 Å². The van der Waals surface area contributed by atoms with Crippen LogP contribution in [-0.4, -0.2) is 28.5 Å². The van der Waals surface area contributed by atoms with E-state index in [0.29, 0.717) is 10.2 Å². The molecule has 4 heterocycles. The molecule has 6 nitrogen and oxygen atoms in total. The van der Waals surface area contributed by atoms with Crippen molar-refractivity contribution in [2.75, 3.05) is 23.3 Å². The highest BCUT2D eigenvalue weighted by atomic mass is 32.1. The lowest BCUT2D eigenvalue weighted by Gasteiger charge is -2.21. The molecule has 5 rings (SSSR count). The van der Waals surface area contributed by atoms with Gasteiger partial charge in [0.1, 0.15) is 11.4 Å². The molecule has 4 aromatic rings. The van der Waals surface area contributed by atoms with Crippen LogP contribution in [0.15, 0.2) is 58.3 Å².